The standard InChI is InChI=1S/C15H26N2O4/c1-21-13-8-6-12(7-9-13)17-15(20)16-11-4-2-10(3-5-11)14(18)19/h10-13H,2-9H2,1H3,(H,18,19)(H2,16,17,20). The minimum absolute atomic E-state index is 0.107. The van der Waals surface area contributed by atoms with Crippen molar-refractivity contribution in [2.24, 2.45) is 5.92 Å². The Balaban J connectivity index is 1.65. The van der Waals surface area contributed by atoms with Crippen LogP contribution in [0.1, 0.15) is 51.4 Å². The van der Waals surface area contributed by atoms with E-state index in [-0.39, 0.29) is 24.0 Å². The average Bonchev–Trinajstić information content (AvgIpc) is 2.48. The van der Waals surface area contributed by atoms with Crippen molar-refractivity contribution in [2.45, 2.75) is 69.6 Å². The lowest BCUT2D eigenvalue weighted by Gasteiger charge is -2.30. The lowest BCUT2D eigenvalue weighted by atomic mass is 9.86. The Morgan fingerprint density at radius 3 is 1.81 bits per heavy atom. The molecule has 0 aromatic carbocycles. The minimum Gasteiger partial charge on any atom is -0.481 e. The quantitative estimate of drug-likeness (QED) is 0.739. The van der Waals surface area contributed by atoms with Crippen molar-refractivity contribution in [1.29, 1.82) is 0 Å². The molecule has 0 aromatic heterocycles. The van der Waals surface area contributed by atoms with Crippen LogP contribution >= 0.6 is 0 Å². The van der Waals surface area contributed by atoms with Crippen LogP contribution in [0.4, 0.5) is 4.79 Å². The summed E-state index contributed by atoms with van der Waals surface area (Å²) in [4.78, 5) is 22.9. The van der Waals surface area contributed by atoms with Crippen molar-refractivity contribution in [1.82, 2.24) is 10.6 Å². The molecule has 0 spiro atoms. The van der Waals surface area contributed by atoms with E-state index in [1.807, 2.05) is 0 Å². The molecule has 21 heavy (non-hydrogen) atoms. The number of hydrogen-bond acceptors (Lipinski definition) is 3. The summed E-state index contributed by atoms with van der Waals surface area (Å²) in [6, 6.07) is 0.220. The molecule has 2 amide bonds. The van der Waals surface area contributed by atoms with E-state index >= 15 is 0 Å². The molecule has 3 N–H and O–H groups in total. The number of hydrogen-bond donors (Lipinski definition) is 3. The second-order valence-electron chi connectivity index (χ2n) is 6.21. The summed E-state index contributed by atoms with van der Waals surface area (Å²) in [5, 5.41) is 15.0. The summed E-state index contributed by atoms with van der Waals surface area (Å²) in [5.74, 6) is -0.955. The van der Waals surface area contributed by atoms with Crippen LogP contribution in [0.3, 0.4) is 0 Å². The van der Waals surface area contributed by atoms with Crippen LogP contribution in [0.2, 0.25) is 0 Å². The molecule has 0 atom stereocenters. The number of amides is 2. The summed E-state index contributed by atoms with van der Waals surface area (Å²) < 4.78 is 5.32. The van der Waals surface area contributed by atoms with Gasteiger partial charge in [0.05, 0.1) is 12.0 Å². The van der Waals surface area contributed by atoms with Crippen LogP contribution in [-0.2, 0) is 9.53 Å². The zero-order chi connectivity index (χ0) is 15.2. The predicted molar refractivity (Wildman–Crippen MR) is 78.1 cm³/mol. The van der Waals surface area contributed by atoms with Crippen molar-refractivity contribution in [3.8, 4) is 0 Å². The van der Waals surface area contributed by atoms with Crippen molar-refractivity contribution < 1.29 is 19.4 Å². The first kappa shape index (κ1) is 16.1. The zero-order valence-corrected chi connectivity index (χ0v) is 12.6. The number of carbonyl (C=O) groups is 2. The van der Waals surface area contributed by atoms with E-state index in [2.05, 4.69) is 10.6 Å². The van der Waals surface area contributed by atoms with Gasteiger partial charge < -0.3 is 20.5 Å². The van der Waals surface area contributed by atoms with E-state index in [1.165, 1.54) is 0 Å². The maximum Gasteiger partial charge on any atom is 0.315 e. The molecule has 2 aliphatic rings. The van der Waals surface area contributed by atoms with Crippen molar-refractivity contribution in [3.63, 3.8) is 0 Å². The van der Waals surface area contributed by atoms with Crippen molar-refractivity contribution in [2.75, 3.05) is 7.11 Å². The molecule has 0 aromatic rings. The first-order valence-corrected chi connectivity index (χ1v) is 7.91. The van der Waals surface area contributed by atoms with Crippen LogP contribution in [0.25, 0.3) is 0 Å². The molecule has 2 rings (SSSR count). The number of nitrogens with one attached hydrogen (secondary N) is 2. The fraction of sp³-hybridized carbons (Fsp3) is 0.867. The normalized spacial score (nSPS) is 33.2. The second kappa shape index (κ2) is 7.64. The van der Waals surface area contributed by atoms with Crippen LogP contribution in [-0.4, -0.2) is 42.4 Å². The molecule has 6 heteroatoms. The van der Waals surface area contributed by atoms with Gasteiger partial charge in [-0.25, -0.2) is 4.79 Å². The Bertz CT molecular complexity index is 359. The summed E-state index contributed by atoms with van der Waals surface area (Å²) in [5.41, 5.74) is 0. The van der Waals surface area contributed by atoms with Gasteiger partial charge in [0.25, 0.3) is 0 Å². The zero-order valence-electron chi connectivity index (χ0n) is 12.6. The maximum absolute atomic E-state index is 12.0. The van der Waals surface area contributed by atoms with Gasteiger partial charge in [-0.1, -0.05) is 0 Å². The SMILES string of the molecule is COC1CCC(NC(=O)NC2CCC(C(=O)O)CC2)CC1. The highest BCUT2D eigenvalue weighted by atomic mass is 16.5. The molecular formula is C15H26N2O4. The van der Waals surface area contributed by atoms with Crippen LogP contribution in [0.15, 0.2) is 0 Å². The first-order chi connectivity index (χ1) is 10.1. The molecule has 0 radical (unpaired) electrons. The number of methoxy groups -OCH3 is 1. The number of carboxylic acids is 1. The molecule has 0 heterocycles. The Kier molecular flexibility index (Phi) is 5.85. The second-order valence-corrected chi connectivity index (χ2v) is 6.21. The number of ether oxygens (including phenoxy) is 1. The summed E-state index contributed by atoms with van der Waals surface area (Å²) >= 11 is 0. The van der Waals surface area contributed by atoms with E-state index < -0.39 is 5.97 Å². The van der Waals surface area contributed by atoms with Gasteiger partial charge in [-0.15, -0.1) is 0 Å². The number of carboxylic acid groups (broad SMARTS) is 1. The summed E-state index contributed by atoms with van der Waals surface area (Å²) in [6.45, 7) is 0. The number of aliphatic carboxylic acids is 1. The molecule has 0 aliphatic heterocycles. The summed E-state index contributed by atoms with van der Waals surface area (Å²) in [6.07, 6.45) is 7.03. The number of rotatable bonds is 4. The largest absolute Gasteiger partial charge is 0.481 e. The van der Waals surface area contributed by atoms with Gasteiger partial charge in [-0.2, -0.15) is 0 Å². The smallest absolute Gasteiger partial charge is 0.315 e. The fourth-order valence-corrected chi connectivity index (χ4v) is 3.34. The highest BCUT2D eigenvalue weighted by Crippen LogP contribution is 2.24. The predicted octanol–water partition coefficient (Wildman–Crippen LogP) is 1.89. The van der Waals surface area contributed by atoms with E-state index in [0.29, 0.717) is 18.9 Å². The lowest BCUT2D eigenvalue weighted by molar-refractivity contribution is -0.142. The lowest BCUT2D eigenvalue weighted by Crippen LogP contribution is -2.48. The van der Waals surface area contributed by atoms with Gasteiger partial charge >= 0.3 is 12.0 Å². The third-order valence-electron chi connectivity index (χ3n) is 4.75. The minimum atomic E-state index is -0.715. The molecule has 0 bridgehead atoms. The monoisotopic (exact) mass is 298 g/mol. The molecule has 0 unspecified atom stereocenters. The highest BCUT2D eigenvalue weighted by molar-refractivity contribution is 5.74. The van der Waals surface area contributed by atoms with Crippen LogP contribution < -0.4 is 10.6 Å². The van der Waals surface area contributed by atoms with E-state index in [0.717, 1.165) is 38.5 Å². The van der Waals surface area contributed by atoms with Crippen molar-refractivity contribution >= 4 is 12.0 Å². The fourth-order valence-electron chi connectivity index (χ4n) is 3.34. The molecule has 2 fully saturated rings. The number of urea groups is 1. The van der Waals surface area contributed by atoms with Crippen molar-refractivity contribution in [3.05, 3.63) is 0 Å². The molecule has 2 saturated carbocycles. The van der Waals surface area contributed by atoms with Gasteiger partial charge in [0.1, 0.15) is 0 Å². The third-order valence-corrected chi connectivity index (χ3v) is 4.75. The summed E-state index contributed by atoms with van der Waals surface area (Å²) in [7, 11) is 1.73. The molecule has 6 nitrogen and oxygen atoms in total. The Labute approximate surface area is 125 Å². The molecule has 120 valence electrons. The molecular weight excluding hydrogens is 272 g/mol. The Morgan fingerprint density at radius 2 is 1.38 bits per heavy atom. The van der Waals surface area contributed by atoms with Crippen LogP contribution in [0, 0.1) is 5.92 Å². The van der Waals surface area contributed by atoms with Gasteiger partial charge in [0.2, 0.25) is 0 Å². The van der Waals surface area contributed by atoms with Gasteiger partial charge in [0.15, 0.2) is 0 Å². The molecule has 0 saturated heterocycles. The maximum atomic E-state index is 12.0. The van der Waals surface area contributed by atoms with Gasteiger partial charge in [-0.3, -0.25) is 4.79 Å². The van der Waals surface area contributed by atoms with Gasteiger partial charge in [0, 0.05) is 19.2 Å². The average molecular weight is 298 g/mol. The molecule has 2 aliphatic carbocycles. The van der Waals surface area contributed by atoms with E-state index in [1.54, 1.807) is 7.11 Å². The Morgan fingerprint density at radius 1 is 0.905 bits per heavy atom. The van der Waals surface area contributed by atoms with E-state index in [4.69, 9.17) is 9.84 Å². The van der Waals surface area contributed by atoms with E-state index in [9.17, 15) is 9.59 Å². The Hall–Kier alpha value is -1.30. The topological polar surface area (TPSA) is 87.7 Å². The highest BCUT2D eigenvalue weighted by Gasteiger charge is 2.27. The first-order valence-electron chi connectivity index (χ1n) is 7.91. The third kappa shape index (κ3) is 4.88. The van der Waals surface area contributed by atoms with Gasteiger partial charge in [-0.05, 0) is 51.4 Å². The van der Waals surface area contributed by atoms with Crippen LogP contribution in [0.5, 0.6) is 0 Å². The number of carbonyl (C=O) groups excluding carboxylic acids is 1.